The minimum Gasteiger partial charge on any atom is -0.357 e. The standard InChI is InChI=1S/C20H39N5O.HI/c1-4-21-20(22-9-8-19-7-5-6-17(2)16-19)23-10-11-24-12-14-25(15-13-24)18(3)26;/h17,19H,4-16H2,1-3H3,(H2,21,22,23);1H. The summed E-state index contributed by atoms with van der Waals surface area (Å²) >= 11 is 0. The van der Waals surface area contributed by atoms with E-state index in [0.29, 0.717) is 0 Å². The molecule has 1 aliphatic carbocycles. The van der Waals surface area contributed by atoms with Crippen LogP contribution in [0.2, 0.25) is 0 Å². The fraction of sp³-hybridized carbons (Fsp3) is 0.900. The predicted octanol–water partition coefficient (Wildman–Crippen LogP) is 2.54. The Hall–Kier alpha value is -0.570. The van der Waals surface area contributed by atoms with Crippen LogP contribution >= 0.6 is 24.0 Å². The zero-order chi connectivity index (χ0) is 18.8. The highest BCUT2D eigenvalue weighted by molar-refractivity contribution is 14.0. The molecule has 0 radical (unpaired) electrons. The average molecular weight is 493 g/mol. The van der Waals surface area contributed by atoms with E-state index in [-0.39, 0.29) is 29.9 Å². The van der Waals surface area contributed by atoms with Gasteiger partial charge in [0.2, 0.25) is 5.91 Å². The van der Waals surface area contributed by atoms with E-state index in [9.17, 15) is 4.79 Å². The summed E-state index contributed by atoms with van der Waals surface area (Å²) in [6.45, 7) is 13.5. The Kier molecular flexibility index (Phi) is 12.3. The zero-order valence-corrected chi connectivity index (χ0v) is 19.8. The quantitative estimate of drug-likeness (QED) is 0.325. The molecule has 158 valence electrons. The van der Waals surface area contributed by atoms with Gasteiger partial charge in [0.25, 0.3) is 0 Å². The van der Waals surface area contributed by atoms with Gasteiger partial charge in [0.05, 0.1) is 0 Å². The Balaban J connectivity index is 0.00000364. The summed E-state index contributed by atoms with van der Waals surface area (Å²) in [7, 11) is 0. The third kappa shape index (κ3) is 9.45. The first-order chi connectivity index (χ1) is 12.6. The number of hydrogen-bond acceptors (Lipinski definition) is 3. The van der Waals surface area contributed by atoms with E-state index in [4.69, 9.17) is 4.99 Å². The van der Waals surface area contributed by atoms with Crippen LogP contribution in [0.3, 0.4) is 0 Å². The van der Waals surface area contributed by atoms with Gasteiger partial charge >= 0.3 is 0 Å². The van der Waals surface area contributed by atoms with Gasteiger partial charge in [-0.05, 0) is 31.6 Å². The summed E-state index contributed by atoms with van der Waals surface area (Å²) in [5.74, 6) is 2.89. The number of hydrogen-bond donors (Lipinski definition) is 2. The number of halogens is 1. The lowest BCUT2D eigenvalue weighted by Gasteiger charge is -2.34. The van der Waals surface area contributed by atoms with Crippen LogP contribution in [-0.2, 0) is 4.79 Å². The van der Waals surface area contributed by atoms with Crippen molar-refractivity contribution in [1.29, 1.82) is 0 Å². The molecule has 1 saturated carbocycles. The summed E-state index contributed by atoms with van der Waals surface area (Å²) in [6.07, 6.45) is 6.78. The number of amides is 1. The number of aliphatic imine (C=N–C) groups is 1. The average Bonchev–Trinajstić information content (AvgIpc) is 2.62. The smallest absolute Gasteiger partial charge is 0.219 e. The van der Waals surface area contributed by atoms with Gasteiger partial charge in [-0.2, -0.15) is 0 Å². The number of piperazine rings is 1. The molecule has 2 aliphatic rings. The van der Waals surface area contributed by atoms with E-state index >= 15 is 0 Å². The Morgan fingerprint density at radius 1 is 1.15 bits per heavy atom. The van der Waals surface area contributed by atoms with Crippen molar-refractivity contribution < 1.29 is 4.79 Å². The molecular weight excluding hydrogens is 453 g/mol. The Morgan fingerprint density at radius 2 is 1.89 bits per heavy atom. The topological polar surface area (TPSA) is 60.0 Å². The molecule has 2 rings (SSSR count). The number of nitrogens with one attached hydrogen (secondary N) is 2. The maximum Gasteiger partial charge on any atom is 0.219 e. The third-order valence-corrected chi connectivity index (χ3v) is 5.73. The third-order valence-electron chi connectivity index (χ3n) is 5.73. The largest absolute Gasteiger partial charge is 0.357 e. The van der Waals surface area contributed by atoms with Crippen LogP contribution in [0.5, 0.6) is 0 Å². The van der Waals surface area contributed by atoms with Crippen molar-refractivity contribution in [2.45, 2.75) is 52.9 Å². The molecule has 0 spiro atoms. The number of carbonyl (C=O) groups is 1. The highest BCUT2D eigenvalue weighted by Gasteiger charge is 2.19. The Bertz CT molecular complexity index is 452. The molecular formula is C20H40IN5O. The molecule has 0 bridgehead atoms. The fourth-order valence-electron chi connectivity index (χ4n) is 4.14. The normalized spacial score (nSPS) is 24.3. The van der Waals surface area contributed by atoms with Crippen LogP contribution in [0.1, 0.15) is 52.9 Å². The van der Waals surface area contributed by atoms with Crippen molar-refractivity contribution in [1.82, 2.24) is 20.4 Å². The van der Waals surface area contributed by atoms with Crippen LogP contribution in [-0.4, -0.2) is 74.0 Å². The number of carbonyl (C=O) groups excluding carboxylic acids is 1. The van der Waals surface area contributed by atoms with Gasteiger partial charge in [0, 0.05) is 59.3 Å². The van der Waals surface area contributed by atoms with Gasteiger partial charge in [0.15, 0.2) is 5.96 Å². The lowest BCUT2D eigenvalue weighted by atomic mass is 9.81. The van der Waals surface area contributed by atoms with Crippen LogP contribution < -0.4 is 10.6 Å². The number of guanidine groups is 1. The molecule has 1 amide bonds. The number of nitrogens with zero attached hydrogens (tertiary/aromatic N) is 3. The highest BCUT2D eigenvalue weighted by Crippen LogP contribution is 2.30. The molecule has 0 aromatic rings. The maximum absolute atomic E-state index is 11.4. The van der Waals surface area contributed by atoms with Gasteiger partial charge in [-0.3, -0.25) is 14.7 Å². The van der Waals surface area contributed by atoms with Crippen molar-refractivity contribution in [3.63, 3.8) is 0 Å². The molecule has 2 unspecified atom stereocenters. The first-order valence-corrected chi connectivity index (χ1v) is 10.6. The fourth-order valence-corrected chi connectivity index (χ4v) is 4.14. The van der Waals surface area contributed by atoms with E-state index in [1.54, 1.807) is 6.92 Å². The van der Waals surface area contributed by atoms with E-state index < -0.39 is 0 Å². The van der Waals surface area contributed by atoms with Gasteiger partial charge in [-0.1, -0.05) is 26.2 Å². The molecule has 2 N–H and O–H groups in total. The summed E-state index contributed by atoms with van der Waals surface area (Å²) < 4.78 is 0. The van der Waals surface area contributed by atoms with Crippen molar-refractivity contribution in [3.05, 3.63) is 0 Å². The molecule has 7 heteroatoms. The molecule has 2 atom stereocenters. The molecule has 0 aromatic heterocycles. The predicted molar refractivity (Wildman–Crippen MR) is 124 cm³/mol. The van der Waals surface area contributed by atoms with Crippen LogP contribution in [0.4, 0.5) is 0 Å². The van der Waals surface area contributed by atoms with E-state index in [1.165, 1.54) is 32.1 Å². The summed E-state index contributed by atoms with van der Waals surface area (Å²) in [5, 5.41) is 6.82. The molecule has 0 aromatic carbocycles. The Morgan fingerprint density at radius 3 is 2.52 bits per heavy atom. The molecule has 27 heavy (non-hydrogen) atoms. The number of rotatable bonds is 7. The molecule has 1 aliphatic heterocycles. The molecule has 1 saturated heterocycles. The summed E-state index contributed by atoms with van der Waals surface area (Å²) in [6, 6.07) is 0. The summed E-state index contributed by atoms with van der Waals surface area (Å²) in [5.41, 5.74) is 0. The lowest BCUT2D eigenvalue weighted by molar-refractivity contribution is -0.130. The van der Waals surface area contributed by atoms with Crippen molar-refractivity contribution in [2.75, 3.05) is 52.4 Å². The first kappa shape index (κ1) is 24.5. The first-order valence-electron chi connectivity index (χ1n) is 10.6. The SMILES string of the molecule is CCNC(=NCCC1CCCC(C)C1)NCCN1CCN(C(C)=O)CC1.I. The minimum atomic E-state index is 0. The van der Waals surface area contributed by atoms with Crippen LogP contribution in [0.15, 0.2) is 4.99 Å². The second-order valence-corrected chi connectivity index (χ2v) is 7.96. The van der Waals surface area contributed by atoms with Gasteiger partial charge in [-0.15, -0.1) is 24.0 Å². The molecule has 1 heterocycles. The second kappa shape index (κ2) is 13.6. The summed E-state index contributed by atoms with van der Waals surface area (Å²) in [4.78, 5) is 20.5. The minimum absolute atomic E-state index is 0. The molecule has 6 nitrogen and oxygen atoms in total. The monoisotopic (exact) mass is 493 g/mol. The van der Waals surface area contributed by atoms with Gasteiger partial charge in [0.1, 0.15) is 0 Å². The van der Waals surface area contributed by atoms with Crippen LogP contribution in [0, 0.1) is 11.8 Å². The van der Waals surface area contributed by atoms with Crippen LogP contribution in [0.25, 0.3) is 0 Å². The molecule has 2 fully saturated rings. The highest BCUT2D eigenvalue weighted by atomic mass is 127. The van der Waals surface area contributed by atoms with E-state index in [1.807, 2.05) is 4.90 Å². The van der Waals surface area contributed by atoms with Crippen molar-refractivity contribution in [2.24, 2.45) is 16.8 Å². The maximum atomic E-state index is 11.4. The van der Waals surface area contributed by atoms with E-state index in [0.717, 1.165) is 70.2 Å². The van der Waals surface area contributed by atoms with Gasteiger partial charge in [-0.25, -0.2) is 0 Å². The van der Waals surface area contributed by atoms with Gasteiger partial charge < -0.3 is 15.5 Å². The van der Waals surface area contributed by atoms with Crippen molar-refractivity contribution >= 4 is 35.8 Å². The zero-order valence-electron chi connectivity index (χ0n) is 17.5. The van der Waals surface area contributed by atoms with E-state index in [2.05, 4.69) is 29.4 Å². The lowest BCUT2D eigenvalue weighted by Crippen LogP contribution is -2.50. The Labute approximate surface area is 182 Å². The second-order valence-electron chi connectivity index (χ2n) is 7.96. The van der Waals surface area contributed by atoms with Crippen molar-refractivity contribution in [3.8, 4) is 0 Å².